The molecule has 2 aromatic rings. The molecule has 0 aliphatic rings. The van der Waals surface area contributed by atoms with Gasteiger partial charge in [-0.3, -0.25) is 10.1 Å². The van der Waals surface area contributed by atoms with Crippen LogP contribution in [0.1, 0.15) is 6.92 Å². The van der Waals surface area contributed by atoms with E-state index in [1.54, 1.807) is 31.2 Å². The Labute approximate surface area is 148 Å². The molecule has 0 radical (unpaired) electrons. The van der Waals surface area contributed by atoms with E-state index in [1.807, 2.05) is 6.07 Å². The van der Waals surface area contributed by atoms with Crippen molar-refractivity contribution in [1.82, 2.24) is 4.72 Å². The van der Waals surface area contributed by atoms with Crippen molar-refractivity contribution in [3.8, 4) is 5.75 Å². The van der Waals surface area contributed by atoms with E-state index in [0.717, 1.165) is 6.07 Å². The summed E-state index contributed by atoms with van der Waals surface area (Å²) in [5.74, 6) is 0.610. The molecule has 1 N–H and O–H groups in total. The fourth-order valence-electron chi connectivity index (χ4n) is 1.94. The van der Waals surface area contributed by atoms with Crippen LogP contribution in [0.25, 0.3) is 0 Å². The first kappa shape index (κ1) is 18.4. The van der Waals surface area contributed by atoms with Crippen molar-refractivity contribution in [2.45, 2.75) is 17.9 Å². The molecule has 0 fully saturated rings. The van der Waals surface area contributed by atoms with Gasteiger partial charge >= 0.3 is 0 Å². The standard InChI is InChI=1S/C15H15BrN2O5S/c1-11(23-13-5-3-2-4-6-13)10-17-24(21,22)15-8-7-12(16)9-14(15)18(19)20/h2-9,11,17H,10H2,1H3. The number of benzene rings is 2. The normalized spacial score (nSPS) is 12.6. The number of nitro groups is 1. The Kier molecular flexibility index (Phi) is 5.92. The van der Waals surface area contributed by atoms with Crippen molar-refractivity contribution >= 4 is 31.6 Å². The van der Waals surface area contributed by atoms with Gasteiger partial charge in [-0.2, -0.15) is 0 Å². The van der Waals surface area contributed by atoms with Gasteiger partial charge in [0.25, 0.3) is 5.69 Å². The number of sulfonamides is 1. The van der Waals surface area contributed by atoms with E-state index in [-0.39, 0.29) is 11.4 Å². The van der Waals surface area contributed by atoms with Gasteiger partial charge in [-0.05, 0) is 31.2 Å². The van der Waals surface area contributed by atoms with Crippen LogP contribution in [0.4, 0.5) is 5.69 Å². The molecule has 0 aliphatic heterocycles. The highest BCUT2D eigenvalue weighted by Gasteiger charge is 2.26. The molecule has 2 aromatic carbocycles. The predicted molar refractivity (Wildman–Crippen MR) is 92.5 cm³/mol. The lowest BCUT2D eigenvalue weighted by molar-refractivity contribution is -0.387. The van der Waals surface area contributed by atoms with Crippen LogP contribution < -0.4 is 9.46 Å². The molecule has 128 valence electrons. The van der Waals surface area contributed by atoms with Gasteiger partial charge in [0, 0.05) is 17.1 Å². The van der Waals surface area contributed by atoms with Gasteiger partial charge in [0.05, 0.1) is 4.92 Å². The van der Waals surface area contributed by atoms with Crippen molar-refractivity contribution in [1.29, 1.82) is 0 Å². The highest BCUT2D eigenvalue weighted by molar-refractivity contribution is 9.10. The van der Waals surface area contributed by atoms with E-state index in [2.05, 4.69) is 20.7 Å². The average molecular weight is 415 g/mol. The molecule has 0 bridgehead atoms. The third-order valence-corrected chi connectivity index (χ3v) is 5.01. The van der Waals surface area contributed by atoms with Crippen LogP contribution in [-0.2, 0) is 10.0 Å². The minimum absolute atomic E-state index is 0.0234. The van der Waals surface area contributed by atoms with Crippen LogP contribution in [0.5, 0.6) is 5.75 Å². The number of ether oxygens (including phenoxy) is 1. The Bertz CT molecular complexity index is 827. The van der Waals surface area contributed by atoms with Crippen molar-refractivity contribution in [2.75, 3.05) is 6.54 Å². The van der Waals surface area contributed by atoms with E-state index >= 15 is 0 Å². The van der Waals surface area contributed by atoms with Crippen LogP contribution in [0.2, 0.25) is 0 Å². The SMILES string of the molecule is CC(CNS(=O)(=O)c1ccc(Br)cc1[N+](=O)[O-])Oc1ccccc1. The maximum Gasteiger partial charge on any atom is 0.290 e. The zero-order chi connectivity index (χ0) is 17.7. The number of halogens is 1. The summed E-state index contributed by atoms with van der Waals surface area (Å²) in [6.07, 6.45) is -0.448. The van der Waals surface area contributed by atoms with Crippen molar-refractivity contribution in [2.24, 2.45) is 0 Å². The van der Waals surface area contributed by atoms with E-state index in [0.29, 0.717) is 10.2 Å². The fourth-order valence-corrected chi connectivity index (χ4v) is 3.55. The summed E-state index contributed by atoms with van der Waals surface area (Å²) >= 11 is 3.09. The first-order chi connectivity index (χ1) is 11.3. The number of hydrogen-bond donors (Lipinski definition) is 1. The van der Waals surface area contributed by atoms with Crippen molar-refractivity contribution in [3.05, 3.63) is 63.1 Å². The van der Waals surface area contributed by atoms with Crippen LogP contribution in [0.15, 0.2) is 57.9 Å². The maximum absolute atomic E-state index is 12.3. The van der Waals surface area contributed by atoms with Gasteiger partial charge in [-0.15, -0.1) is 0 Å². The molecule has 0 heterocycles. The Morgan fingerprint density at radius 3 is 2.54 bits per heavy atom. The minimum atomic E-state index is -4.03. The van der Waals surface area contributed by atoms with Gasteiger partial charge in [0.15, 0.2) is 4.90 Å². The third kappa shape index (κ3) is 4.76. The lowest BCUT2D eigenvalue weighted by atomic mass is 10.3. The molecule has 0 saturated carbocycles. The van der Waals surface area contributed by atoms with Crippen molar-refractivity contribution < 1.29 is 18.1 Å². The van der Waals surface area contributed by atoms with E-state index in [9.17, 15) is 18.5 Å². The summed E-state index contributed by atoms with van der Waals surface area (Å²) < 4.78 is 33.0. The number of hydrogen-bond acceptors (Lipinski definition) is 5. The molecular formula is C15H15BrN2O5S. The summed E-state index contributed by atoms with van der Waals surface area (Å²) in [5, 5.41) is 11.1. The number of rotatable bonds is 7. The van der Waals surface area contributed by atoms with Gasteiger partial charge in [-0.1, -0.05) is 34.1 Å². The molecule has 7 nitrogen and oxygen atoms in total. The topological polar surface area (TPSA) is 98.5 Å². The largest absolute Gasteiger partial charge is 0.489 e. The van der Waals surface area contributed by atoms with Gasteiger partial charge < -0.3 is 4.74 Å². The molecule has 9 heteroatoms. The quantitative estimate of drug-likeness (QED) is 0.554. The highest BCUT2D eigenvalue weighted by atomic mass is 79.9. The lowest BCUT2D eigenvalue weighted by Crippen LogP contribution is -2.33. The zero-order valence-corrected chi connectivity index (χ0v) is 15.1. The second-order valence-electron chi connectivity index (χ2n) is 4.96. The van der Waals surface area contributed by atoms with Crippen LogP contribution in [0, 0.1) is 10.1 Å². The van der Waals surface area contributed by atoms with Crippen LogP contribution >= 0.6 is 15.9 Å². The summed E-state index contributed by atoms with van der Waals surface area (Å²) in [6, 6.07) is 12.7. The van der Waals surface area contributed by atoms with Crippen LogP contribution in [-0.4, -0.2) is 26.0 Å². The molecule has 0 spiro atoms. The third-order valence-electron chi connectivity index (χ3n) is 3.05. The maximum atomic E-state index is 12.3. The van der Waals surface area contributed by atoms with Crippen LogP contribution in [0.3, 0.4) is 0 Å². The van der Waals surface area contributed by atoms with Gasteiger partial charge in [-0.25, -0.2) is 13.1 Å². The Balaban J connectivity index is 2.10. The van der Waals surface area contributed by atoms with E-state index < -0.39 is 26.7 Å². The fraction of sp³-hybridized carbons (Fsp3) is 0.200. The molecule has 1 atom stereocenters. The molecule has 2 rings (SSSR count). The smallest absolute Gasteiger partial charge is 0.290 e. The monoisotopic (exact) mass is 414 g/mol. The van der Waals surface area contributed by atoms with Gasteiger partial charge in [0.1, 0.15) is 11.9 Å². The van der Waals surface area contributed by atoms with E-state index in [4.69, 9.17) is 4.74 Å². The summed E-state index contributed by atoms with van der Waals surface area (Å²) in [6.45, 7) is 1.68. The predicted octanol–water partition coefficient (Wildman–Crippen LogP) is 3.10. The van der Waals surface area contributed by atoms with Crippen molar-refractivity contribution in [3.63, 3.8) is 0 Å². The first-order valence-corrected chi connectivity index (χ1v) is 9.22. The zero-order valence-electron chi connectivity index (χ0n) is 12.7. The molecule has 0 aliphatic carbocycles. The molecular weight excluding hydrogens is 400 g/mol. The lowest BCUT2D eigenvalue weighted by Gasteiger charge is -2.15. The molecule has 24 heavy (non-hydrogen) atoms. The Morgan fingerprint density at radius 2 is 1.92 bits per heavy atom. The number of para-hydroxylation sites is 1. The Morgan fingerprint density at radius 1 is 1.25 bits per heavy atom. The highest BCUT2D eigenvalue weighted by Crippen LogP contribution is 2.27. The average Bonchev–Trinajstić information content (AvgIpc) is 2.53. The molecule has 0 saturated heterocycles. The second kappa shape index (κ2) is 7.73. The van der Waals surface area contributed by atoms with E-state index in [1.165, 1.54) is 12.1 Å². The number of nitrogens with zero attached hydrogens (tertiary/aromatic N) is 1. The summed E-state index contributed by atoms with van der Waals surface area (Å²) in [7, 11) is -4.03. The Hall–Kier alpha value is -1.97. The first-order valence-electron chi connectivity index (χ1n) is 6.95. The second-order valence-corrected chi connectivity index (χ2v) is 7.61. The number of nitro benzene ring substituents is 1. The molecule has 0 amide bonds. The molecule has 1 unspecified atom stereocenters. The molecule has 0 aromatic heterocycles. The summed E-state index contributed by atoms with van der Waals surface area (Å²) in [5.41, 5.74) is -0.492. The minimum Gasteiger partial charge on any atom is -0.489 e. The summed E-state index contributed by atoms with van der Waals surface area (Å²) in [4.78, 5) is 9.95. The number of nitrogens with one attached hydrogen (secondary N) is 1. The van der Waals surface area contributed by atoms with Gasteiger partial charge in [0.2, 0.25) is 10.0 Å².